The third-order valence-corrected chi connectivity index (χ3v) is 3.98. The minimum Gasteiger partial charge on any atom is -0.496 e. The van der Waals surface area contributed by atoms with Crippen LogP contribution in [0.3, 0.4) is 0 Å². The lowest BCUT2D eigenvalue weighted by atomic mass is 10.1. The zero-order valence-electron chi connectivity index (χ0n) is 11.0. The van der Waals surface area contributed by atoms with Gasteiger partial charge in [-0.3, -0.25) is 0 Å². The molecule has 19 heavy (non-hydrogen) atoms. The molecular formula is C15H17ClN2O. The molecule has 4 heteroatoms. The Morgan fingerprint density at radius 1 is 1.32 bits per heavy atom. The number of methoxy groups -OCH3 is 1. The molecule has 2 heterocycles. The fourth-order valence-corrected chi connectivity index (χ4v) is 3.03. The molecule has 1 aromatic heterocycles. The summed E-state index contributed by atoms with van der Waals surface area (Å²) < 4.78 is 5.42. The molecule has 1 aliphatic rings. The van der Waals surface area contributed by atoms with Crippen LogP contribution in [0.15, 0.2) is 30.5 Å². The Labute approximate surface area is 118 Å². The molecule has 3 nitrogen and oxygen atoms in total. The van der Waals surface area contributed by atoms with Gasteiger partial charge in [0.15, 0.2) is 0 Å². The van der Waals surface area contributed by atoms with Crippen molar-refractivity contribution in [2.24, 2.45) is 0 Å². The number of alkyl halides is 1. The molecule has 1 saturated heterocycles. The molecule has 0 aliphatic carbocycles. The number of piperidine rings is 1. The van der Waals surface area contributed by atoms with Crippen LogP contribution in [-0.2, 0) is 0 Å². The first kappa shape index (κ1) is 12.5. The van der Waals surface area contributed by atoms with Gasteiger partial charge in [-0.25, -0.2) is 4.98 Å². The van der Waals surface area contributed by atoms with Crippen molar-refractivity contribution in [3.63, 3.8) is 0 Å². The van der Waals surface area contributed by atoms with Gasteiger partial charge in [-0.1, -0.05) is 12.1 Å². The van der Waals surface area contributed by atoms with Gasteiger partial charge in [-0.15, -0.1) is 11.6 Å². The molecule has 1 aliphatic heterocycles. The molecule has 1 atom stereocenters. The highest BCUT2D eigenvalue weighted by atomic mass is 35.5. The van der Waals surface area contributed by atoms with Crippen molar-refractivity contribution in [2.75, 3.05) is 25.1 Å². The van der Waals surface area contributed by atoms with Gasteiger partial charge in [0.05, 0.1) is 12.5 Å². The predicted octanol–water partition coefficient (Wildman–Crippen LogP) is 3.45. The lowest BCUT2D eigenvalue weighted by molar-refractivity contribution is 0.420. The van der Waals surface area contributed by atoms with Crippen molar-refractivity contribution in [3.8, 4) is 5.75 Å². The molecule has 2 aromatic rings. The first-order chi connectivity index (χ1) is 9.29. The van der Waals surface area contributed by atoms with Crippen LogP contribution in [0.25, 0.3) is 10.8 Å². The molecule has 3 rings (SSSR count). The van der Waals surface area contributed by atoms with Gasteiger partial charge in [-0.05, 0) is 25.0 Å². The maximum atomic E-state index is 6.28. The smallest absolute Gasteiger partial charge is 0.136 e. The number of hydrogen-bond acceptors (Lipinski definition) is 3. The molecule has 100 valence electrons. The number of rotatable bonds is 2. The van der Waals surface area contributed by atoms with E-state index in [-0.39, 0.29) is 5.38 Å². The van der Waals surface area contributed by atoms with Crippen molar-refractivity contribution < 1.29 is 4.74 Å². The number of benzene rings is 1. The Hall–Kier alpha value is -1.48. The summed E-state index contributed by atoms with van der Waals surface area (Å²) in [6.07, 6.45) is 4.06. The van der Waals surface area contributed by atoms with Crippen LogP contribution in [0.5, 0.6) is 5.75 Å². The highest BCUT2D eigenvalue weighted by molar-refractivity contribution is 6.21. The van der Waals surface area contributed by atoms with Gasteiger partial charge in [0.2, 0.25) is 0 Å². The standard InChI is InChI=1S/C15H17ClN2O/c1-19-14-6-2-5-13-12(14)7-8-17-15(13)18-9-3-4-11(16)10-18/h2,5-8,11H,3-4,9-10H2,1H3. The average molecular weight is 277 g/mol. The maximum Gasteiger partial charge on any atom is 0.136 e. The Kier molecular flexibility index (Phi) is 3.47. The number of anilines is 1. The van der Waals surface area contributed by atoms with E-state index in [2.05, 4.69) is 16.0 Å². The lowest BCUT2D eigenvalue weighted by Gasteiger charge is -2.31. The normalized spacial score (nSPS) is 19.7. The molecule has 1 fully saturated rings. The number of fused-ring (bicyclic) bond motifs is 1. The minimum absolute atomic E-state index is 0.219. The summed E-state index contributed by atoms with van der Waals surface area (Å²) in [6.45, 7) is 1.89. The van der Waals surface area contributed by atoms with Gasteiger partial charge in [-0.2, -0.15) is 0 Å². The van der Waals surface area contributed by atoms with E-state index in [0.29, 0.717) is 0 Å². The first-order valence-electron chi connectivity index (χ1n) is 6.60. The van der Waals surface area contributed by atoms with E-state index in [1.165, 1.54) is 0 Å². The van der Waals surface area contributed by atoms with Gasteiger partial charge in [0.1, 0.15) is 11.6 Å². The van der Waals surface area contributed by atoms with Crippen LogP contribution in [0.4, 0.5) is 5.82 Å². The summed E-state index contributed by atoms with van der Waals surface area (Å²) in [7, 11) is 1.70. The number of ether oxygens (including phenoxy) is 1. The van der Waals surface area contributed by atoms with Crippen LogP contribution >= 0.6 is 11.6 Å². The van der Waals surface area contributed by atoms with Crippen LogP contribution in [0.1, 0.15) is 12.8 Å². The van der Waals surface area contributed by atoms with Gasteiger partial charge >= 0.3 is 0 Å². The third kappa shape index (κ3) is 2.35. The van der Waals surface area contributed by atoms with Crippen molar-refractivity contribution in [3.05, 3.63) is 30.5 Å². The van der Waals surface area contributed by atoms with E-state index in [1.54, 1.807) is 7.11 Å². The summed E-state index contributed by atoms with van der Waals surface area (Å²) >= 11 is 6.28. The number of hydrogen-bond donors (Lipinski definition) is 0. The molecule has 0 saturated carbocycles. The third-order valence-electron chi connectivity index (χ3n) is 3.63. The van der Waals surface area contributed by atoms with Crippen LogP contribution < -0.4 is 9.64 Å². The Morgan fingerprint density at radius 3 is 3.00 bits per heavy atom. The number of aromatic nitrogens is 1. The van der Waals surface area contributed by atoms with Crippen molar-refractivity contribution in [1.82, 2.24) is 4.98 Å². The molecular weight excluding hydrogens is 260 g/mol. The topological polar surface area (TPSA) is 25.4 Å². The molecule has 0 bridgehead atoms. The highest BCUT2D eigenvalue weighted by Gasteiger charge is 2.20. The summed E-state index contributed by atoms with van der Waals surface area (Å²) in [5.74, 6) is 1.90. The van der Waals surface area contributed by atoms with Crippen molar-refractivity contribution >= 4 is 28.2 Å². The Balaban J connectivity index is 2.08. The predicted molar refractivity (Wildman–Crippen MR) is 79.4 cm³/mol. The fraction of sp³-hybridized carbons (Fsp3) is 0.400. The second kappa shape index (κ2) is 5.25. The fourth-order valence-electron chi connectivity index (χ4n) is 2.71. The minimum atomic E-state index is 0.219. The summed E-state index contributed by atoms with van der Waals surface area (Å²) in [5.41, 5.74) is 0. The summed E-state index contributed by atoms with van der Waals surface area (Å²) in [4.78, 5) is 6.83. The monoisotopic (exact) mass is 276 g/mol. The number of halogens is 1. The molecule has 1 unspecified atom stereocenters. The molecule has 0 spiro atoms. The molecule has 1 aromatic carbocycles. The van der Waals surface area contributed by atoms with Gasteiger partial charge in [0, 0.05) is 30.1 Å². The summed E-state index contributed by atoms with van der Waals surface area (Å²) in [6, 6.07) is 8.08. The van der Waals surface area contributed by atoms with E-state index in [1.807, 2.05) is 24.4 Å². The molecule has 0 amide bonds. The maximum absolute atomic E-state index is 6.28. The van der Waals surface area contributed by atoms with Gasteiger partial charge in [0.25, 0.3) is 0 Å². The Morgan fingerprint density at radius 2 is 2.21 bits per heavy atom. The van der Waals surface area contributed by atoms with E-state index >= 15 is 0 Å². The lowest BCUT2D eigenvalue weighted by Crippen LogP contribution is -2.36. The zero-order valence-corrected chi connectivity index (χ0v) is 11.7. The van der Waals surface area contributed by atoms with Gasteiger partial charge < -0.3 is 9.64 Å². The van der Waals surface area contributed by atoms with Crippen LogP contribution in [-0.4, -0.2) is 30.6 Å². The first-order valence-corrected chi connectivity index (χ1v) is 7.04. The van der Waals surface area contributed by atoms with E-state index in [0.717, 1.165) is 48.3 Å². The van der Waals surface area contributed by atoms with Crippen LogP contribution in [0.2, 0.25) is 0 Å². The zero-order chi connectivity index (χ0) is 13.2. The average Bonchev–Trinajstić information content (AvgIpc) is 2.46. The van der Waals surface area contributed by atoms with E-state index < -0.39 is 0 Å². The number of nitrogens with zero attached hydrogens (tertiary/aromatic N) is 2. The highest BCUT2D eigenvalue weighted by Crippen LogP contribution is 2.32. The second-order valence-corrected chi connectivity index (χ2v) is 5.49. The second-order valence-electron chi connectivity index (χ2n) is 4.88. The SMILES string of the molecule is COc1cccc2c(N3CCCC(Cl)C3)nccc12. The quantitative estimate of drug-likeness (QED) is 0.786. The molecule has 0 radical (unpaired) electrons. The summed E-state index contributed by atoms with van der Waals surface area (Å²) in [5, 5.41) is 2.45. The number of pyridine rings is 1. The van der Waals surface area contributed by atoms with E-state index in [9.17, 15) is 0 Å². The van der Waals surface area contributed by atoms with E-state index in [4.69, 9.17) is 16.3 Å². The Bertz CT molecular complexity index is 587. The van der Waals surface area contributed by atoms with Crippen molar-refractivity contribution in [2.45, 2.75) is 18.2 Å². The van der Waals surface area contributed by atoms with Crippen molar-refractivity contribution in [1.29, 1.82) is 0 Å². The van der Waals surface area contributed by atoms with Crippen LogP contribution in [0, 0.1) is 0 Å². The largest absolute Gasteiger partial charge is 0.496 e. The molecule has 0 N–H and O–H groups in total.